The Kier molecular flexibility index (Phi) is 6.74. The first kappa shape index (κ1) is 21.2. The topological polar surface area (TPSA) is 46.8 Å². The van der Waals surface area contributed by atoms with Crippen molar-refractivity contribution in [3.63, 3.8) is 0 Å². The van der Waals surface area contributed by atoms with E-state index in [0.717, 1.165) is 34.0 Å². The largest absolute Gasteiger partial charge is 0.301 e. The van der Waals surface area contributed by atoms with Crippen LogP contribution in [0.15, 0.2) is 78.6 Å². The lowest BCUT2D eigenvalue weighted by atomic mass is 10.1. The molecule has 4 rings (SSSR count). The van der Waals surface area contributed by atoms with Crippen molar-refractivity contribution < 1.29 is 4.39 Å². The van der Waals surface area contributed by atoms with Gasteiger partial charge >= 0.3 is 0 Å². The fraction of sp³-hybridized carbons (Fsp3) is 0.208. The Bertz CT molecular complexity index is 1180. The second-order valence-electron chi connectivity index (χ2n) is 7.38. The summed E-state index contributed by atoms with van der Waals surface area (Å²) in [6, 6.07) is 16.9. The first-order valence-corrected chi connectivity index (χ1v) is 11.0. The SMILES string of the molecule is C=CCn1c(CN(C)Cc2cccc3cccnc23)nnc1SCc1cccc(F)c1. The summed E-state index contributed by atoms with van der Waals surface area (Å²) in [6.45, 7) is 5.89. The van der Waals surface area contributed by atoms with Crippen LogP contribution in [-0.4, -0.2) is 31.7 Å². The summed E-state index contributed by atoms with van der Waals surface area (Å²) >= 11 is 1.55. The Hall–Kier alpha value is -3.03. The van der Waals surface area contributed by atoms with E-state index in [-0.39, 0.29) is 5.82 Å². The number of nitrogens with zero attached hydrogens (tertiary/aromatic N) is 5. The molecule has 0 saturated carbocycles. The molecule has 0 fully saturated rings. The number of allylic oxidation sites excluding steroid dienone is 1. The second-order valence-corrected chi connectivity index (χ2v) is 8.32. The number of para-hydroxylation sites is 1. The van der Waals surface area contributed by atoms with Crippen LogP contribution < -0.4 is 0 Å². The third-order valence-electron chi connectivity index (χ3n) is 4.93. The molecule has 0 N–H and O–H groups in total. The summed E-state index contributed by atoms with van der Waals surface area (Å²) < 4.78 is 15.5. The summed E-state index contributed by atoms with van der Waals surface area (Å²) in [4.78, 5) is 6.75. The van der Waals surface area contributed by atoms with Crippen molar-refractivity contribution in [2.45, 2.75) is 30.5 Å². The van der Waals surface area contributed by atoms with E-state index >= 15 is 0 Å². The van der Waals surface area contributed by atoms with Crippen LogP contribution >= 0.6 is 11.8 Å². The molecule has 7 heteroatoms. The van der Waals surface area contributed by atoms with Crippen LogP contribution in [0.5, 0.6) is 0 Å². The van der Waals surface area contributed by atoms with E-state index in [0.29, 0.717) is 18.8 Å². The van der Waals surface area contributed by atoms with Crippen LogP contribution in [0.1, 0.15) is 17.0 Å². The van der Waals surface area contributed by atoms with E-state index in [1.165, 1.54) is 11.6 Å². The highest BCUT2D eigenvalue weighted by Crippen LogP contribution is 2.23. The Morgan fingerprint density at radius 2 is 1.94 bits per heavy atom. The molecule has 158 valence electrons. The minimum absolute atomic E-state index is 0.226. The molecule has 0 radical (unpaired) electrons. The van der Waals surface area contributed by atoms with Gasteiger partial charge in [-0.25, -0.2) is 4.39 Å². The van der Waals surface area contributed by atoms with Gasteiger partial charge in [-0.05, 0) is 36.4 Å². The third kappa shape index (κ3) is 5.18. The van der Waals surface area contributed by atoms with Gasteiger partial charge in [0.15, 0.2) is 5.16 Å². The molecule has 2 heterocycles. The molecule has 0 aliphatic heterocycles. The van der Waals surface area contributed by atoms with E-state index in [2.05, 4.69) is 62.5 Å². The van der Waals surface area contributed by atoms with Crippen LogP contribution in [0.2, 0.25) is 0 Å². The zero-order valence-corrected chi connectivity index (χ0v) is 18.2. The van der Waals surface area contributed by atoms with E-state index in [9.17, 15) is 4.39 Å². The van der Waals surface area contributed by atoms with E-state index < -0.39 is 0 Å². The first-order valence-electron chi connectivity index (χ1n) is 10.1. The van der Waals surface area contributed by atoms with Gasteiger partial charge in [0, 0.05) is 30.4 Å². The molecule has 2 aromatic carbocycles. The number of halogens is 1. The highest BCUT2D eigenvalue weighted by Gasteiger charge is 2.15. The maximum absolute atomic E-state index is 13.5. The van der Waals surface area contributed by atoms with Crippen molar-refractivity contribution >= 4 is 22.7 Å². The zero-order chi connectivity index (χ0) is 21.6. The molecule has 31 heavy (non-hydrogen) atoms. The number of hydrogen-bond donors (Lipinski definition) is 0. The van der Waals surface area contributed by atoms with Crippen LogP contribution in [0, 0.1) is 5.82 Å². The van der Waals surface area contributed by atoms with E-state index in [1.54, 1.807) is 23.9 Å². The van der Waals surface area contributed by atoms with Crippen molar-refractivity contribution in [2.75, 3.05) is 7.05 Å². The lowest BCUT2D eigenvalue weighted by Gasteiger charge is -2.18. The summed E-state index contributed by atoms with van der Waals surface area (Å²) in [6.07, 6.45) is 3.67. The molecule has 5 nitrogen and oxygen atoms in total. The van der Waals surface area contributed by atoms with Crippen LogP contribution in [-0.2, 0) is 25.4 Å². The van der Waals surface area contributed by atoms with Crippen LogP contribution in [0.3, 0.4) is 0 Å². The minimum Gasteiger partial charge on any atom is -0.301 e. The van der Waals surface area contributed by atoms with Gasteiger partial charge in [-0.2, -0.15) is 0 Å². The number of aromatic nitrogens is 4. The van der Waals surface area contributed by atoms with Crippen molar-refractivity contribution in [2.24, 2.45) is 0 Å². The van der Waals surface area contributed by atoms with Crippen molar-refractivity contribution in [3.8, 4) is 0 Å². The molecular weight excluding hydrogens is 409 g/mol. The third-order valence-corrected chi connectivity index (χ3v) is 5.97. The van der Waals surface area contributed by atoms with Gasteiger partial charge in [0.1, 0.15) is 11.6 Å². The highest BCUT2D eigenvalue weighted by atomic mass is 32.2. The summed E-state index contributed by atoms with van der Waals surface area (Å²) in [7, 11) is 2.06. The zero-order valence-electron chi connectivity index (χ0n) is 17.4. The summed E-state index contributed by atoms with van der Waals surface area (Å²) in [5.41, 5.74) is 3.12. The fourth-order valence-electron chi connectivity index (χ4n) is 3.51. The maximum atomic E-state index is 13.5. The molecule has 0 amide bonds. The van der Waals surface area contributed by atoms with Gasteiger partial charge in [0.25, 0.3) is 0 Å². The number of benzene rings is 2. The normalized spacial score (nSPS) is 11.3. The average molecular weight is 434 g/mol. The average Bonchev–Trinajstić information content (AvgIpc) is 3.14. The number of hydrogen-bond acceptors (Lipinski definition) is 5. The van der Waals surface area contributed by atoms with Gasteiger partial charge in [-0.15, -0.1) is 16.8 Å². The predicted molar refractivity (Wildman–Crippen MR) is 123 cm³/mol. The molecule has 0 aliphatic carbocycles. The summed E-state index contributed by atoms with van der Waals surface area (Å²) in [5, 5.41) is 10.7. The number of thioether (sulfide) groups is 1. The molecule has 0 atom stereocenters. The molecule has 4 aromatic rings. The molecule has 0 aliphatic rings. The first-order chi connectivity index (χ1) is 15.1. The Labute approximate surface area is 185 Å². The van der Waals surface area contributed by atoms with Crippen LogP contribution in [0.25, 0.3) is 10.9 Å². The minimum atomic E-state index is -0.226. The maximum Gasteiger partial charge on any atom is 0.191 e. The van der Waals surface area contributed by atoms with E-state index in [1.807, 2.05) is 24.4 Å². The van der Waals surface area contributed by atoms with Crippen molar-refractivity contribution in [1.29, 1.82) is 0 Å². The second kappa shape index (κ2) is 9.85. The van der Waals surface area contributed by atoms with E-state index in [4.69, 9.17) is 0 Å². The predicted octanol–water partition coefficient (Wildman–Crippen LogP) is 5.08. The Morgan fingerprint density at radius 1 is 1.10 bits per heavy atom. The van der Waals surface area contributed by atoms with Gasteiger partial charge in [0.05, 0.1) is 12.1 Å². The fourth-order valence-corrected chi connectivity index (χ4v) is 4.42. The molecule has 0 unspecified atom stereocenters. The van der Waals surface area contributed by atoms with Gasteiger partial charge in [0.2, 0.25) is 0 Å². The van der Waals surface area contributed by atoms with Gasteiger partial charge in [-0.3, -0.25) is 9.88 Å². The molecule has 2 aromatic heterocycles. The molecule has 0 saturated heterocycles. The molecular formula is C24H24FN5S. The lowest BCUT2D eigenvalue weighted by molar-refractivity contribution is 0.305. The Morgan fingerprint density at radius 3 is 2.77 bits per heavy atom. The number of fused-ring (bicyclic) bond motifs is 1. The lowest BCUT2D eigenvalue weighted by Crippen LogP contribution is -2.20. The van der Waals surface area contributed by atoms with Gasteiger partial charge < -0.3 is 4.57 Å². The quantitative estimate of drug-likeness (QED) is 0.272. The summed E-state index contributed by atoms with van der Waals surface area (Å²) in [5.74, 6) is 1.28. The Balaban J connectivity index is 1.48. The van der Waals surface area contributed by atoms with Gasteiger partial charge in [-0.1, -0.05) is 54.2 Å². The monoisotopic (exact) mass is 433 g/mol. The van der Waals surface area contributed by atoms with Crippen molar-refractivity contribution in [3.05, 3.63) is 96.2 Å². The highest BCUT2D eigenvalue weighted by molar-refractivity contribution is 7.98. The number of rotatable bonds is 9. The molecule has 0 bridgehead atoms. The standard InChI is InChI=1S/C24H24FN5S/c1-3-13-30-22(27-28-24(30)31-17-18-7-4-11-21(25)14-18)16-29(2)15-20-9-5-8-19-10-6-12-26-23(19)20/h3-12,14H,1,13,15-17H2,2H3. The smallest absolute Gasteiger partial charge is 0.191 e. The number of pyridine rings is 1. The van der Waals surface area contributed by atoms with Crippen molar-refractivity contribution in [1.82, 2.24) is 24.6 Å². The molecule has 0 spiro atoms. The van der Waals surface area contributed by atoms with Crippen LogP contribution in [0.4, 0.5) is 4.39 Å².